The van der Waals surface area contributed by atoms with Crippen LogP contribution in [0.4, 0.5) is 11.4 Å². The van der Waals surface area contributed by atoms with E-state index in [4.69, 9.17) is 10.8 Å². The van der Waals surface area contributed by atoms with E-state index in [0.717, 1.165) is 6.42 Å². The fourth-order valence-electron chi connectivity index (χ4n) is 1.92. The van der Waals surface area contributed by atoms with Gasteiger partial charge in [-0.05, 0) is 30.5 Å². The normalized spacial score (nSPS) is 12.1. The number of aromatic carboxylic acids is 1. The summed E-state index contributed by atoms with van der Waals surface area (Å²) in [4.78, 5) is 12.3. The number of para-hydroxylation sites is 1. The van der Waals surface area contributed by atoms with Crippen LogP contribution in [-0.4, -0.2) is 17.1 Å². The topological polar surface area (TPSA) is 75.3 Å². The van der Waals surface area contributed by atoms with Crippen molar-refractivity contribution in [2.75, 3.05) is 11.1 Å². The van der Waals surface area contributed by atoms with Crippen LogP contribution in [0.1, 0.15) is 22.2 Å². The number of nitrogens with one attached hydrogen (secondary N) is 1. The Labute approximate surface area is 115 Å². The number of carboxylic acids is 1. The van der Waals surface area contributed by atoms with Gasteiger partial charge in [0.25, 0.3) is 0 Å². The molecule has 5 heteroatoms. The highest BCUT2D eigenvalue weighted by atomic mass is 32.1. The lowest BCUT2D eigenvalue weighted by Crippen LogP contribution is -2.19. The number of anilines is 2. The van der Waals surface area contributed by atoms with E-state index in [0.29, 0.717) is 5.69 Å². The molecule has 0 aliphatic heterocycles. The smallest absolute Gasteiger partial charge is 0.337 e. The van der Waals surface area contributed by atoms with E-state index in [1.165, 1.54) is 10.9 Å². The largest absolute Gasteiger partial charge is 0.478 e. The number of benzene rings is 1. The predicted molar refractivity (Wildman–Crippen MR) is 78.9 cm³/mol. The van der Waals surface area contributed by atoms with Crippen LogP contribution < -0.4 is 11.1 Å². The molecule has 2 aromatic rings. The number of nitrogen functional groups attached to an aromatic ring is 1. The van der Waals surface area contributed by atoms with Gasteiger partial charge >= 0.3 is 5.97 Å². The van der Waals surface area contributed by atoms with Gasteiger partial charge in [0.15, 0.2) is 0 Å². The molecule has 1 heterocycles. The van der Waals surface area contributed by atoms with Crippen molar-refractivity contribution >= 4 is 28.7 Å². The molecular weight excluding hydrogens is 260 g/mol. The highest BCUT2D eigenvalue weighted by molar-refractivity contribution is 7.09. The molecule has 0 radical (unpaired) electrons. The average Bonchev–Trinajstić information content (AvgIpc) is 2.84. The molecular formula is C14H16N2O2S. The second-order valence-electron chi connectivity index (χ2n) is 4.40. The molecule has 4 N–H and O–H groups in total. The molecule has 0 saturated carbocycles. The van der Waals surface area contributed by atoms with E-state index in [2.05, 4.69) is 11.4 Å². The van der Waals surface area contributed by atoms with Crippen molar-refractivity contribution in [2.45, 2.75) is 19.4 Å². The van der Waals surface area contributed by atoms with Gasteiger partial charge in [0.1, 0.15) is 0 Å². The molecule has 0 amide bonds. The summed E-state index contributed by atoms with van der Waals surface area (Å²) in [6.07, 6.45) is 0.883. The minimum atomic E-state index is -1.01. The lowest BCUT2D eigenvalue weighted by Gasteiger charge is -2.17. The second kappa shape index (κ2) is 5.75. The van der Waals surface area contributed by atoms with Crippen LogP contribution in [0.25, 0.3) is 0 Å². The third kappa shape index (κ3) is 3.26. The van der Waals surface area contributed by atoms with Crippen LogP contribution >= 0.6 is 11.3 Å². The minimum Gasteiger partial charge on any atom is -0.478 e. The number of hydrogen-bond acceptors (Lipinski definition) is 4. The zero-order chi connectivity index (χ0) is 13.8. The quantitative estimate of drug-likeness (QED) is 0.734. The number of carboxylic acid groups (broad SMARTS) is 1. The van der Waals surface area contributed by atoms with Gasteiger partial charge in [0.2, 0.25) is 0 Å². The van der Waals surface area contributed by atoms with Crippen LogP contribution in [-0.2, 0) is 6.42 Å². The van der Waals surface area contributed by atoms with E-state index in [-0.39, 0.29) is 17.3 Å². The Hall–Kier alpha value is -2.01. The van der Waals surface area contributed by atoms with E-state index in [1.54, 1.807) is 23.5 Å². The van der Waals surface area contributed by atoms with Crippen LogP contribution in [0, 0.1) is 0 Å². The summed E-state index contributed by atoms with van der Waals surface area (Å²) >= 11 is 1.71. The summed E-state index contributed by atoms with van der Waals surface area (Å²) in [5.41, 5.74) is 6.95. The second-order valence-corrected chi connectivity index (χ2v) is 5.43. The average molecular weight is 276 g/mol. The standard InChI is InChI=1S/C14H16N2O2S/c1-9(8-10-4-3-7-19-10)16-12-6-2-5-11(13(12)15)14(17)18/h2-7,9,16H,8,15H2,1H3,(H,17,18). The van der Waals surface area contributed by atoms with Gasteiger partial charge in [-0.1, -0.05) is 12.1 Å². The maximum Gasteiger partial charge on any atom is 0.337 e. The third-order valence-electron chi connectivity index (χ3n) is 2.83. The van der Waals surface area contributed by atoms with E-state index >= 15 is 0 Å². The first-order valence-corrected chi connectivity index (χ1v) is 6.86. The number of rotatable bonds is 5. The third-order valence-corrected chi connectivity index (χ3v) is 3.72. The number of carbonyl (C=O) groups is 1. The van der Waals surface area contributed by atoms with Crippen molar-refractivity contribution in [2.24, 2.45) is 0 Å². The fraction of sp³-hybridized carbons (Fsp3) is 0.214. The molecule has 0 aliphatic carbocycles. The molecule has 0 saturated heterocycles. The van der Waals surface area contributed by atoms with Gasteiger partial charge in [-0.3, -0.25) is 0 Å². The van der Waals surface area contributed by atoms with Gasteiger partial charge in [0.05, 0.1) is 16.9 Å². The Bertz CT molecular complexity index is 567. The maximum atomic E-state index is 11.0. The molecule has 4 nitrogen and oxygen atoms in total. The summed E-state index contributed by atoms with van der Waals surface area (Å²) in [5.74, 6) is -1.01. The molecule has 19 heavy (non-hydrogen) atoms. The molecule has 2 rings (SSSR count). The first-order chi connectivity index (χ1) is 9.08. The Morgan fingerprint density at radius 1 is 1.42 bits per heavy atom. The molecule has 1 aromatic carbocycles. The van der Waals surface area contributed by atoms with Crippen molar-refractivity contribution in [1.29, 1.82) is 0 Å². The first kappa shape index (κ1) is 13.4. The van der Waals surface area contributed by atoms with Crippen molar-refractivity contribution in [3.8, 4) is 0 Å². The van der Waals surface area contributed by atoms with Gasteiger partial charge in [-0.15, -0.1) is 11.3 Å². The van der Waals surface area contributed by atoms with Crippen molar-refractivity contribution in [1.82, 2.24) is 0 Å². The van der Waals surface area contributed by atoms with Crippen LogP contribution in [0.3, 0.4) is 0 Å². The zero-order valence-corrected chi connectivity index (χ0v) is 11.4. The highest BCUT2D eigenvalue weighted by Gasteiger charge is 2.12. The first-order valence-electron chi connectivity index (χ1n) is 5.98. The Kier molecular flexibility index (Phi) is 4.06. The lowest BCUT2D eigenvalue weighted by molar-refractivity contribution is 0.0698. The minimum absolute atomic E-state index is 0.133. The van der Waals surface area contributed by atoms with Gasteiger partial charge in [0, 0.05) is 17.3 Å². The van der Waals surface area contributed by atoms with Crippen molar-refractivity contribution in [3.05, 3.63) is 46.2 Å². The van der Waals surface area contributed by atoms with Crippen LogP contribution in [0.15, 0.2) is 35.7 Å². The molecule has 1 unspecified atom stereocenters. The van der Waals surface area contributed by atoms with Gasteiger partial charge in [-0.25, -0.2) is 4.79 Å². The van der Waals surface area contributed by atoms with Crippen LogP contribution in [0.2, 0.25) is 0 Å². The summed E-state index contributed by atoms with van der Waals surface area (Å²) in [7, 11) is 0. The van der Waals surface area contributed by atoms with Crippen molar-refractivity contribution in [3.63, 3.8) is 0 Å². The molecule has 0 spiro atoms. The number of thiophene rings is 1. The summed E-state index contributed by atoms with van der Waals surface area (Å²) in [5, 5.41) is 14.3. The number of hydrogen-bond donors (Lipinski definition) is 3. The number of nitrogens with two attached hydrogens (primary N) is 1. The van der Waals surface area contributed by atoms with Gasteiger partial charge in [-0.2, -0.15) is 0 Å². The van der Waals surface area contributed by atoms with E-state index < -0.39 is 5.97 Å². The molecule has 0 fully saturated rings. The monoisotopic (exact) mass is 276 g/mol. The Morgan fingerprint density at radius 2 is 2.21 bits per heavy atom. The Balaban J connectivity index is 2.10. The summed E-state index contributed by atoms with van der Waals surface area (Å²) in [6.45, 7) is 2.05. The molecule has 0 bridgehead atoms. The van der Waals surface area contributed by atoms with Crippen LogP contribution in [0.5, 0.6) is 0 Å². The summed E-state index contributed by atoms with van der Waals surface area (Å²) < 4.78 is 0. The Morgan fingerprint density at radius 3 is 2.84 bits per heavy atom. The maximum absolute atomic E-state index is 11.0. The SMILES string of the molecule is CC(Cc1cccs1)Nc1cccc(C(=O)O)c1N. The van der Waals surface area contributed by atoms with Crippen molar-refractivity contribution < 1.29 is 9.90 Å². The van der Waals surface area contributed by atoms with E-state index in [1.807, 2.05) is 18.4 Å². The van der Waals surface area contributed by atoms with Gasteiger partial charge < -0.3 is 16.2 Å². The zero-order valence-electron chi connectivity index (χ0n) is 10.6. The summed E-state index contributed by atoms with van der Waals surface area (Å²) in [6, 6.07) is 9.29. The highest BCUT2D eigenvalue weighted by Crippen LogP contribution is 2.24. The van der Waals surface area contributed by atoms with E-state index in [9.17, 15) is 4.79 Å². The fourth-order valence-corrected chi connectivity index (χ4v) is 2.76. The lowest BCUT2D eigenvalue weighted by atomic mass is 10.1. The molecule has 1 aromatic heterocycles. The molecule has 0 aliphatic rings. The predicted octanol–water partition coefficient (Wildman–Crippen LogP) is 3.07. The molecule has 1 atom stereocenters. The molecule has 100 valence electrons.